The Morgan fingerprint density at radius 1 is 1.02 bits per heavy atom. The number of pyridine rings is 1. The number of hydrogen-bond acceptors (Lipinski definition) is 7. The molecular weight excluding hydrogens is 678 g/mol. The van der Waals surface area contributed by atoms with Crippen molar-refractivity contribution in [1.82, 2.24) is 30.4 Å². The van der Waals surface area contributed by atoms with Gasteiger partial charge in [0.15, 0.2) is 0 Å². The van der Waals surface area contributed by atoms with Crippen LogP contribution in [0.25, 0.3) is 22.3 Å². The lowest BCUT2D eigenvalue weighted by molar-refractivity contribution is -0.134. The Morgan fingerprint density at radius 2 is 1.81 bits per heavy atom. The highest BCUT2D eigenvalue weighted by molar-refractivity contribution is 6.01. The average Bonchev–Trinajstić information content (AvgIpc) is 3.54. The molecule has 4 aromatic rings. The molecule has 6 heterocycles. The number of alkyl halides is 2. The van der Waals surface area contributed by atoms with Crippen LogP contribution in [0.4, 0.5) is 20.3 Å². The van der Waals surface area contributed by atoms with Crippen molar-refractivity contribution in [2.75, 3.05) is 49.6 Å². The summed E-state index contributed by atoms with van der Waals surface area (Å²) < 4.78 is 29.0. The maximum absolute atomic E-state index is 14.5. The number of imide groups is 1. The lowest BCUT2D eigenvalue weighted by Gasteiger charge is -2.38. The van der Waals surface area contributed by atoms with Gasteiger partial charge in [0.1, 0.15) is 11.5 Å². The standard InChI is InChI=1S/C40H46F2N8O3/c1-39-20-32-29(19-33(39)40(39,41)42)36(47-46-32)31-17-25-3-5-27(18-30(25)44-31)48(2)38(53)24-11-13-49(14-12-24)22-23-9-15-50(16-10-23)34-7-4-26(21-43-34)28-6-8-35(51)45-37(28)52/h3-5,7,17-18,21,23-24,28,33,44H,6,8-16,19-20,22H2,1-2H3,(H,46,47)(H,45,51,52). The molecule has 3 atom stereocenters. The highest BCUT2D eigenvalue weighted by Crippen LogP contribution is 2.70. The van der Waals surface area contributed by atoms with Gasteiger partial charge in [-0.15, -0.1) is 0 Å². The Kier molecular flexibility index (Phi) is 8.21. The number of rotatable bonds is 7. The van der Waals surface area contributed by atoms with Crippen molar-refractivity contribution in [2.24, 2.45) is 23.2 Å². The molecule has 3 amide bonds. The van der Waals surface area contributed by atoms with Crippen LogP contribution in [0, 0.1) is 23.2 Å². The van der Waals surface area contributed by atoms with E-state index < -0.39 is 17.3 Å². The van der Waals surface area contributed by atoms with Crippen molar-refractivity contribution in [2.45, 2.75) is 70.1 Å². The zero-order valence-electron chi connectivity index (χ0n) is 30.3. The number of piperidine rings is 3. The fraction of sp³-hybridized carbons (Fsp3) is 0.525. The van der Waals surface area contributed by atoms with E-state index in [1.807, 2.05) is 43.4 Å². The molecule has 11 nitrogen and oxygen atoms in total. The largest absolute Gasteiger partial charge is 0.357 e. The summed E-state index contributed by atoms with van der Waals surface area (Å²) in [4.78, 5) is 52.2. The number of benzene rings is 1. The summed E-state index contributed by atoms with van der Waals surface area (Å²) >= 11 is 0. The normalized spacial score (nSPS) is 26.3. The number of nitrogens with one attached hydrogen (secondary N) is 3. The van der Waals surface area contributed by atoms with Crippen molar-refractivity contribution < 1.29 is 23.2 Å². The van der Waals surface area contributed by atoms with Gasteiger partial charge in [-0.05, 0) is 87.4 Å². The van der Waals surface area contributed by atoms with E-state index in [1.165, 1.54) is 0 Å². The van der Waals surface area contributed by atoms with Crippen LogP contribution in [0.5, 0.6) is 0 Å². The number of likely N-dealkylation sites (tertiary alicyclic amines) is 1. The van der Waals surface area contributed by atoms with Crippen LogP contribution in [0.2, 0.25) is 0 Å². The van der Waals surface area contributed by atoms with Crippen LogP contribution in [0.1, 0.15) is 68.2 Å². The molecule has 3 aromatic heterocycles. The van der Waals surface area contributed by atoms with Crippen LogP contribution < -0.4 is 15.1 Å². The minimum Gasteiger partial charge on any atom is -0.357 e. The highest BCUT2D eigenvalue weighted by atomic mass is 19.3. The van der Waals surface area contributed by atoms with Crippen molar-refractivity contribution in [1.29, 1.82) is 0 Å². The summed E-state index contributed by atoms with van der Waals surface area (Å²) in [6.45, 7) is 6.41. The number of halogens is 2. The van der Waals surface area contributed by atoms with Gasteiger partial charge in [0.2, 0.25) is 17.7 Å². The first-order valence-electron chi connectivity index (χ1n) is 19.1. The molecule has 278 valence electrons. The second kappa shape index (κ2) is 12.7. The Bertz CT molecular complexity index is 2080. The maximum Gasteiger partial charge on any atom is 0.258 e. The van der Waals surface area contributed by atoms with Crippen LogP contribution in [-0.4, -0.2) is 88.5 Å². The van der Waals surface area contributed by atoms with E-state index in [0.717, 1.165) is 103 Å². The van der Waals surface area contributed by atoms with Gasteiger partial charge in [-0.25, -0.2) is 13.8 Å². The average molecular weight is 725 g/mol. The van der Waals surface area contributed by atoms with Gasteiger partial charge >= 0.3 is 0 Å². The van der Waals surface area contributed by atoms with Gasteiger partial charge in [-0.1, -0.05) is 19.1 Å². The van der Waals surface area contributed by atoms with Gasteiger partial charge in [0.05, 0.1) is 11.6 Å². The lowest BCUT2D eigenvalue weighted by atomic mass is 9.87. The molecule has 3 N–H and O–H groups in total. The van der Waals surface area contributed by atoms with E-state index in [1.54, 1.807) is 18.0 Å². The monoisotopic (exact) mass is 724 g/mol. The predicted molar refractivity (Wildman–Crippen MR) is 197 cm³/mol. The van der Waals surface area contributed by atoms with Gasteiger partial charge in [0.25, 0.3) is 5.92 Å². The third-order valence-electron chi connectivity index (χ3n) is 13.2. The summed E-state index contributed by atoms with van der Waals surface area (Å²) in [5.74, 6) is -2.40. The van der Waals surface area contributed by atoms with Crippen molar-refractivity contribution in [3.05, 3.63) is 59.4 Å². The van der Waals surface area contributed by atoms with Crippen LogP contribution >= 0.6 is 0 Å². The molecule has 9 rings (SSSR count). The number of carbonyl (C=O) groups is 3. The molecule has 4 fully saturated rings. The Hall–Kier alpha value is -4.65. The number of H-pyrrole nitrogens is 2. The molecule has 0 bridgehead atoms. The van der Waals surface area contributed by atoms with Crippen LogP contribution in [0.3, 0.4) is 0 Å². The molecule has 2 aliphatic carbocycles. The molecule has 1 saturated carbocycles. The third-order valence-corrected chi connectivity index (χ3v) is 13.2. The summed E-state index contributed by atoms with van der Waals surface area (Å²) in [6.07, 6.45) is 7.14. The van der Waals surface area contributed by atoms with E-state index in [9.17, 15) is 23.2 Å². The number of carbonyl (C=O) groups excluding carboxylic acids is 3. The zero-order valence-corrected chi connectivity index (χ0v) is 30.3. The number of nitrogens with zero attached hydrogens (tertiary/aromatic N) is 5. The minimum atomic E-state index is -2.64. The molecule has 53 heavy (non-hydrogen) atoms. The van der Waals surface area contributed by atoms with Crippen molar-refractivity contribution in [3.8, 4) is 11.4 Å². The second-order valence-corrected chi connectivity index (χ2v) is 16.3. The summed E-state index contributed by atoms with van der Waals surface area (Å²) in [5, 5.41) is 11.0. The van der Waals surface area contributed by atoms with E-state index in [4.69, 9.17) is 0 Å². The summed E-state index contributed by atoms with van der Waals surface area (Å²) in [6, 6.07) is 11.9. The van der Waals surface area contributed by atoms with Crippen molar-refractivity contribution in [3.63, 3.8) is 0 Å². The molecule has 13 heteroatoms. The zero-order chi connectivity index (χ0) is 36.6. The Balaban J connectivity index is 0.759. The number of fused-ring (bicyclic) bond motifs is 3. The number of anilines is 2. The Labute approximate surface area is 306 Å². The summed E-state index contributed by atoms with van der Waals surface area (Å²) in [5.41, 5.74) is 4.78. The number of aromatic amines is 2. The highest BCUT2D eigenvalue weighted by Gasteiger charge is 2.78. The molecule has 1 aromatic carbocycles. The SMILES string of the molecule is CN(C(=O)C1CCN(CC2CCN(c3ccc(C4CCC(=O)NC4=O)cn3)CC2)CC1)c1ccc2cc(-c3n[nH]c4c3CC3C(F)(F)C3(C)C4)[nH]c2c1. The van der Waals surface area contributed by atoms with Crippen LogP contribution in [0.15, 0.2) is 42.6 Å². The number of hydrogen-bond donors (Lipinski definition) is 3. The topological polar surface area (TPSA) is 130 Å². The van der Waals surface area contributed by atoms with Crippen molar-refractivity contribution >= 4 is 40.1 Å². The first-order valence-corrected chi connectivity index (χ1v) is 19.1. The fourth-order valence-corrected chi connectivity index (χ4v) is 9.56. The molecule has 3 saturated heterocycles. The molecule has 3 aliphatic heterocycles. The van der Waals surface area contributed by atoms with Gasteiger partial charge in [-0.2, -0.15) is 5.10 Å². The summed E-state index contributed by atoms with van der Waals surface area (Å²) in [7, 11) is 1.85. The molecule has 5 aliphatic rings. The Morgan fingerprint density at radius 3 is 2.55 bits per heavy atom. The first-order chi connectivity index (χ1) is 25.5. The number of aromatic nitrogens is 4. The van der Waals surface area contributed by atoms with Gasteiger partial charge in [-0.3, -0.25) is 24.8 Å². The number of amides is 3. The van der Waals surface area contributed by atoms with E-state index in [0.29, 0.717) is 37.3 Å². The van der Waals surface area contributed by atoms with E-state index >= 15 is 0 Å². The lowest BCUT2D eigenvalue weighted by Crippen LogP contribution is -2.44. The van der Waals surface area contributed by atoms with Gasteiger partial charge < -0.3 is 19.7 Å². The molecule has 0 radical (unpaired) electrons. The predicted octanol–water partition coefficient (Wildman–Crippen LogP) is 5.43. The molecular formula is C40H46F2N8O3. The minimum absolute atomic E-state index is 0.0240. The van der Waals surface area contributed by atoms with E-state index in [2.05, 4.69) is 35.3 Å². The molecule has 3 unspecified atom stereocenters. The van der Waals surface area contributed by atoms with Gasteiger partial charge in [0, 0.05) is 90.8 Å². The van der Waals surface area contributed by atoms with E-state index in [-0.39, 0.29) is 29.6 Å². The third kappa shape index (κ3) is 5.91. The second-order valence-electron chi connectivity index (χ2n) is 16.3. The quantitative estimate of drug-likeness (QED) is 0.217. The molecule has 0 spiro atoms. The van der Waals surface area contributed by atoms with Crippen LogP contribution in [-0.2, 0) is 27.2 Å². The maximum atomic E-state index is 14.5. The fourth-order valence-electron chi connectivity index (χ4n) is 9.56. The first kappa shape index (κ1) is 34.1. The smallest absolute Gasteiger partial charge is 0.258 e.